The number of alkyl halides is 3. The highest BCUT2D eigenvalue weighted by molar-refractivity contribution is 5.76. The van der Waals surface area contributed by atoms with Crippen molar-refractivity contribution < 1.29 is 27.9 Å². The molecule has 0 aromatic carbocycles. The molecule has 18 heavy (non-hydrogen) atoms. The van der Waals surface area contributed by atoms with Crippen molar-refractivity contribution in [3.8, 4) is 0 Å². The van der Waals surface area contributed by atoms with Crippen LogP contribution in [0.15, 0.2) is 0 Å². The van der Waals surface area contributed by atoms with Crippen molar-refractivity contribution in [2.45, 2.75) is 38.9 Å². The van der Waals surface area contributed by atoms with Gasteiger partial charge < -0.3 is 15.3 Å². The van der Waals surface area contributed by atoms with E-state index in [1.165, 1.54) is 6.92 Å². The molecule has 0 bridgehead atoms. The minimum absolute atomic E-state index is 0.102. The van der Waals surface area contributed by atoms with Crippen LogP contribution in [0.5, 0.6) is 0 Å². The van der Waals surface area contributed by atoms with E-state index in [1.807, 2.05) is 0 Å². The van der Waals surface area contributed by atoms with Crippen molar-refractivity contribution in [1.29, 1.82) is 0 Å². The molecule has 1 atom stereocenters. The predicted molar refractivity (Wildman–Crippen MR) is 58.2 cm³/mol. The third-order valence-corrected chi connectivity index (χ3v) is 2.28. The van der Waals surface area contributed by atoms with Gasteiger partial charge in [0.25, 0.3) is 0 Å². The van der Waals surface area contributed by atoms with Crippen molar-refractivity contribution in [3.63, 3.8) is 0 Å². The van der Waals surface area contributed by atoms with Crippen molar-refractivity contribution in [2.75, 3.05) is 13.1 Å². The summed E-state index contributed by atoms with van der Waals surface area (Å²) in [7, 11) is 0. The summed E-state index contributed by atoms with van der Waals surface area (Å²) < 4.78 is 36.5. The van der Waals surface area contributed by atoms with Crippen LogP contribution in [0, 0.1) is 0 Å². The zero-order valence-corrected chi connectivity index (χ0v) is 10.3. The number of amides is 2. The molecule has 0 heterocycles. The molecule has 0 saturated carbocycles. The highest BCUT2D eigenvalue weighted by Gasteiger charge is 2.32. The van der Waals surface area contributed by atoms with Gasteiger partial charge in [0, 0.05) is 12.6 Å². The van der Waals surface area contributed by atoms with Gasteiger partial charge >= 0.3 is 18.2 Å². The van der Waals surface area contributed by atoms with Gasteiger partial charge in [0.1, 0.15) is 6.54 Å². The Kier molecular flexibility index (Phi) is 6.50. The Morgan fingerprint density at radius 3 is 2.22 bits per heavy atom. The Balaban J connectivity index is 4.46. The zero-order valence-electron chi connectivity index (χ0n) is 10.3. The highest BCUT2D eigenvalue weighted by Crippen LogP contribution is 2.16. The van der Waals surface area contributed by atoms with E-state index in [1.54, 1.807) is 6.92 Å². The number of halogens is 3. The molecule has 0 aromatic rings. The SMILES string of the molecule is CCC(CC(=O)O)NC(=O)N(CC)CC(F)(F)F. The van der Waals surface area contributed by atoms with Crippen molar-refractivity contribution in [1.82, 2.24) is 10.2 Å². The molecule has 0 aliphatic carbocycles. The normalized spacial score (nSPS) is 12.9. The third kappa shape index (κ3) is 6.97. The number of carboxylic acids is 1. The third-order valence-electron chi connectivity index (χ3n) is 2.28. The molecule has 8 heteroatoms. The first-order chi connectivity index (χ1) is 8.19. The molecule has 0 saturated heterocycles. The van der Waals surface area contributed by atoms with E-state index < -0.39 is 30.8 Å². The summed E-state index contributed by atoms with van der Waals surface area (Å²) in [5.41, 5.74) is 0. The van der Waals surface area contributed by atoms with Crippen LogP contribution in [-0.2, 0) is 4.79 Å². The number of aliphatic carboxylic acids is 1. The van der Waals surface area contributed by atoms with Crippen LogP contribution in [0.4, 0.5) is 18.0 Å². The number of nitrogens with zero attached hydrogens (tertiary/aromatic N) is 1. The monoisotopic (exact) mass is 270 g/mol. The Labute approximate surface area is 103 Å². The van der Waals surface area contributed by atoms with Gasteiger partial charge in [0.2, 0.25) is 0 Å². The molecule has 0 aromatic heterocycles. The van der Waals surface area contributed by atoms with Crippen molar-refractivity contribution in [3.05, 3.63) is 0 Å². The largest absolute Gasteiger partial charge is 0.481 e. The van der Waals surface area contributed by atoms with Gasteiger partial charge in [-0.1, -0.05) is 6.92 Å². The average Bonchev–Trinajstić information content (AvgIpc) is 2.22. The van der Waals surface area contributed by atoms with Gasteiger partial charge in [-0.05, 0) is 13.3 Å². The fourth-order valence-corrected chi connectivity index (χ4v) is 1.32. The van der Waals surface area contributed by atoms with Crippen molar-refractivity contribution in [2.24, 2.45) is 0 Å². The van der Waals surface area contributed by atoms with Crippen LogP contribution >= 0.6 is 0 Å². The summed E-state index contributed by atoms with van der Waals surface area (Å²) in [5.74, 6) is -1.11. The van der Waals surface area contributed by atoms with Gasteiger partial charge in [0.05, 0.1) is 6.42 Å². The van der Waals surface area contributed by atoms with Gasteiger partial charge in [-0.15, -0.1) is 0 Å². The number of carbonyl (C=O) groups excluding carboxylic acids is 1. The number of carboxylic acid groups (broad SMARTS) is 1. The second-order valence-corrected chi connectivity index (χ2v) is 3.78. The van der Waals surface area contributed by atoms with E-state index in [4.69, 9.17) is 5.11 Å². The van der Waals surface area contributed by atoms with E-state index in [9.17, 15) is 22.8 Å². The molecular weight excluding hydrogens is 253 g/mol. The number of carbonyl (C=O) groups is 2. The summed E-state index contributed by atoms with van der Waals surface area (Å²) in [4.78, 5) is 22.6. The molecule has 0 radical (unpaired) electrons. The molecule has 2 N–H and O–H groups in total. The maximum absolute atomic E-state index is 12.2. The molecule has 0 aliphatic heterocycles. The van der Waals surface area contributed by atoms with Crippen LogP contribution in [0.3, 0.4) is 0 Å². The average molecular weight is 270 g/mol. The summed E-state index contributed by atoms with van der Waals surface area (Å²) in [6, 6.07) is -1.57. The summed E-state index contributed by atoms with van der Waals surface area (Å²) >= 11 is 0. The van der Waals surface area contributed by atoms with Crippen LogP contribution in [-0.4, -0.2) is 47.3 Å². The molecule has 2 amide bonds. The number of rotatable bonds is 6. The second kappa shape index (κ2) is 7.07. The van der Waals surface area contributed by atoms with Crippen LogP contribution in [0.2, 0.25) is 0 Å². The quantitative estimate of drug-likeness (QED) is 0.773. The lowest BCUT2D eigenvalue weighted by atomic mass is 10.1. The van der Waals surface area contributed by atoms with Crippen LogP contribution < -0.4 is 5.32 Å². The van der Waals surface area contributed by atoms with E-state index in [0.717, 1.165) is 0 Å². The van der Waals surface area contributed by atoms with E-state index in [-0.39, 0.29) is 13.0 Å². The van der Waals surface area contributed by atoms with E-state index in [2.05, 4.69) is 5.32 Å². The minimum Gasteiger partial charge on any atom is -0.481 e. The van der Waals surface area contributed by atoms with E-state index >= 15 is 0 Å². The zero-order chi connectivity index (χ0) is 14.3. The Hall–Kier alpha value is -1.47. The van der Waals surface area contributed by atoms with Crippen molar-refractivity contribution >= 4 is 12.0 Å². The second-order valence-electron chi connectivity index (χ2n) is 3.78. The Morgan fingerprint density at radius 2 is 1.89 bits per heavy atom. The topological polar surface area (TPSA) is 69.6 Å². The summed E-state index contributed by atoms with van der Waals surface area (Å²) in [5, 5.41) is 10.8. The van der Waals surface area contributed by atoms with Crippen LogP contribution in [0.1, 0.15) is 26.7 Å². The first-order valence-electron chi connectivity index (χ1n) is 5.53. The molecule has 106 valence electrons. The lowest BCUT2D eigenvalue weighted by molar-refractivity contribution is -0.140. The smallest absolute Gasteiger partial charge is 0.406 e. The Morgan fingerprint density at radius 1 is 1.33 bits per heavy atom. The lowest BCUT2D eigenvalue weighted by Crippen LogP contribution is -2.48. The molecule has 5 nitrogen and oxygen atoms in total. The fraction of sp³-hybridized carbons (Fsp3) is 0.800. The lowest BCUT2D eigenvalue weighted by Gasteiger charge is -2.25. The number of urea groups is 1. The fourth-order valence-electron chi connectivity index (χ4n) is 1.32. The maximum Gasteiger partial charge on any atom is 0.406 e. The molecule has 0 rings (SSSR count). The van der Waals surface area contributed by atoms with Crippen LogP contribution in [0.25, 0.3) is 0 Å². The first kappa shape index (κ1) is 16.5. The van der Waals surface area contributed by atoms with Gasteiger partial charge in [-0.2, -0.15) is 13.2 Å². The summed E-state index contributed by atoms with van der Waals surface area (Å²) in [6.45, 7) is 1.62. The maximum atomic E-state index is 12.2. The molecule has 0 fully saturated rings. The number of hydrogen-bond acceptors (Lipinski definition) is 2. The Bertz CT molecular complexity index is 295. The van der Waals surface area contributed by atoms with E-state index in [0.29, 0.717) is 11.3 Å². The number of hydrogen-bond donors (Lipinski definition) is 2. The van der Waals surface area contributed by atoms with Gasteiger partial charge in [0.15, 0.2) is 0 Å². The first-order valence-corrected chi connectivity index (χ1v) is 5.53. The van der Waals surface area contributed by atoms with Gasteiger partial charge in [-0.3, -0.25) is 4.79 Å². The number of nitrogens with one attached hydrogen (secondary N) is 1. The minimum atomic E-state index is -4.47. The molecule has 0 spiro atoms. The predicted octanol–water partition coefficient (Wildman–Crippen LogP) is 1.83. The standard InChI is InChI=1S/C10H17F3N2O3/c1-3-7(5-8(16)17)14-9(18)15(4-2)6-10(11,12)13/h7H,3-6H2,1-2H3,(H,14,18)(H,16,17). The summed E-state index contributed by atoms with van der Waals surface area (Å²) in [6.07, 6.45) is -4.45. The molecule has 0 aliphatic rings. The highest BCUT2D eigenvalue weighted by atomic mass is 19.4. The molecule has 1 unspecified atom stereocenters. The van der Waals surface area contributed by atoms with Gasteiger partial charge in [-0.25, -0.2) is 4.79 Å². The molecular formula is C10H17F3N2O3.